The van der Waals surface area contributed by atoms with Crippen molar-refractivity contribution in [3.63, 3.8) is 0 Å². The standard InChI is InChI=1S/C44H27NO2/c1-2-10-30(11-3-1)45(32-22-24-37-39-23-19-28-9-4-5-12-34(28)43(39)47-42(37)27-32)31-20-17-29(18-21-31)33-14-8-15-38-35(33)25-26-40-36-13-6-7-16-41(36)46-44(38)40/h1-27H. The lowest BCUT2D eigenvalue weighted by atomic mass is 9.96. The van der Waals surface area contributed by atoms with Crippen molar-refractivity contribution in [1.82, 2.24) is 0 Å². The zero-order valence-corrected chi connectivity index (χ0v) is 25.4. The van der Waals surface area contributed by atoms with Crippen LogP contribution in [0.25, 0.3) is 76.5 Å². The Kier molecular flexibility index (Phi) is 5.57. The molecule has 0 aliphatic rings. The monoisotopic (exact) mass is 601 g/mol. The Labute approximate surface area is 270 Å². The van der Waals surface area contributed by atoms with Gasteiger partial charge in [-0.2, -0.15) is 0 Å². The van der Waals surface area contributed by atoms with Gasteiger partial charge >= 0.3 is 0 Å². The van der Waals surface area contributed by atoms with E-state index in [1.807, 2.05) is 12.1 Å². The molecule has 0 fully saturated rings. The van der Waals surface area contributed by atoms with E-state index in [1.165, 1.54) is 16.3 Å². The van der Waals surface area contributed by atoms with Crippen LogP contribution in [0.3, 0.4) is 0 Å². The van der Waals surface area contributed by atoms with Gasteiger partial charge in [0.1, 0.15) is 22.3 Å². The van der Waals surface area contributed by atoms with Crippen LogP contribution in [-0.4, -0.2) is 0 Å². The molecule has 0 aliphatic carbocycles. The lowest BCUT2D eigenvalue weighted by molar-refractivity contribution is 0.672. The van der Waals surface area contributed by atoms with Crippen molar-refractivity contribution in [2.45, 2.75) is 0 Å². The van der Waals surface area contributed by atoms with Crippen LogP contribution in [-0.2, 0) is 0 Å². The maximum Gasteiger partial charge on any atom is 0.143 e. The predicted octanol–water partition coefficient (Wildman–Crippen LogP) is 12.9. The fourth-order valence-electron chi connectivity index (χ4n) is 7.24. The molecule has 47 heavy (non-hydrogen) atoms. The quantitative estimate of drug-likeness (QED) is 0.201. The van der Waals surface area contributed by atoms with Crippen molar-refractivity contribution < 1.29 is 8.83 Å². The average Bonchev–Trinajstić information content (AvgIpc) is 3.71. The number of furan rings is 2. The van der Waals surface area contributed by atoms with Gasteiger partial charge in [0.25, 0.3) is 0 Å². The topological polar surface area (TPSA) is 29.5 Å². The van der Waals surface area contributed by atoms with E-state index in [2.05, 4.69) is 157 Å². The molecular weight excluding hydrogens is 574 g/mol. The minimum atomic E-state index is 0.874. The fraction of sp³-hybridized carbons (Fsp3) is 0. The number of hydrogen-bond acceptors (Lipinski definition) is 3. The van der Waals surface area contributed by atoms with Crippen molar-refractivity contribution in [3.05, 3.63) is 164 Å². The summed E-state index contributed by atoms with van der Waals surface area (Å²) in [6, 6.07) is 57.8. The van der Waals surface area contributed by atoms with Gasteiger partial charge in [0.2, 0.25) is 0 Å². The van der Waals surface area contributed by atoms with Crippen LogP contribution in [0.15, 0.2) is 173 Å². The van der Waals surface area contributed by atoms with Crippen LogP contribution in [0, 0.1) is 0 Å². The SMILES string of the molecule is c1ccc(N(c2ccc(-c3cccc4c3ccc3c5ccccc5oc43)cc2)c2ccc3c(c2)oc2c4ccccc4ccc32)cc1. The van der Waals surface area contributed by atoms with E-state index >= 15 is 0 Å². The normalized spacial score (nSPS) is 11.8. The first kappa shape index (κ1) is 26.0. The first-order chi connectivity index (χ1) is 23.3. The molecule has 0 saturated carbocycles. The Morgan fingerprint density at radius 2 is 0.915 bits per heavy atom. The Hall–Kier alpha value is -6.32. The molecule has 0 amide bonds. The highest BCUT2D eigenvalue weighted by molar-refractivity contribution is 6.18. The van der Waals surface area contributed by atoms with Gasteiger partial charge in [-0.3, -0.25) is 0 Å². The van der Waals surface area contributed by atoms with Crippen molar-refractivity contribution >= 4 is 82.5 Å². The second-order valence-electron chi connectivity index (χ2n) is 12.1. The first-order valence-electron chi connectivity index (χ1n) is 15.9. The van der Waals surface area contributed by atoms with Gasteiger partial charge in [-0.25, -0.2) is 0 Å². The molecule has 0 saturated heterocycles. The van der Waals surface area contributed by atoms with Crippen LogP contribution in [0.4, 0.5) is 17.1 Å². The van der Waals surface area contributed by atoms with Gasteiger partial charge in [-0.05, 0) is 76.5 Å². The number of benzene rings is 8. The van der Waals surface area contributed by atoms with Gasteiger partial charge in [-0.15, -0.1) is 0 Å². The van der Waals surface area contributed by atoms with Crippen molar-refractivity contribution in [2.24, 2.45) is 0 Å². The summed E-state index contributed by atoms with van der Waals surface area (Å²) in [6.45, 7) is 0. The number of nitrogens with zero attached hydrogens (tertiary/aromatic N) is 1. The Morgan fingerprint density at radius 1 is 0.340 bits per heavy atom. The second kappa shape index (κ2) is 10.1. The molecule has 10 aromatic rings. The molecule has 0 radical (unpaired) electrons. The van der Waals surface area contributed by atoms with Gasteiger partial charge in [0, 0.05) is 55.4 Å². The number of anilines is 3. The van der Waals surface area contributed by atoms with E-state index in [1.54, 1.807) is 0 Å². The molecule has 3 nitrogen and oxygen atoms in total. The minimum Gasteiger partial charge on any atom is -0.455 e. The number of hydrogen-bond donors (Lipinski definition) is 0. The first-order valence-corrected chi connectivity index (χ1v) is 15.9. The summed E-state index contributed by atoms with van der Waals surface area (Å²) >= 11 is 0. The summed E-state index contributed by atoms with van der Waals surface area (Å²) in [4.78, 5) is 2.29. The highest BCUT2D eigenvalue weighted by Gasteiger charge is 2.17. The van der Waals surface area contributed by atoms with Gasteiger partial charge in [0.05, 0.1) is 0 Å². The third-order valence-electron chi connectivity index (χ3n) is 9.46. The lowest BCUT2D eigenvalue weighted by Crippen LogP contribution is -2.09. The number of fused-ring (bicyclic) bond motifs is 10. The minimum absolute atomic E-state index is 0.874. The molecule has 2 heterocycles. The fourth-order valence-corrected chi connectivity index (χ4v) is 7.24. The van der Waals surface area contributed by atoms with E-state index in [0.717, 1.165) is 77.3 Å². The summed E-state index contributed by atoms with van der Waals surface area (Å²) in [5.41, 5.74) is 9.18. The van der Waals surface area contributed by atoms with E-state index in [4.69, 9.17) is 8.83 Å². The van der Waals surface area contributed by atoms with E-state index in [0.29, 0.717) is 0 Å². The predicted molar refractivity (Wildman–Crippen MR) is 196 cm³/mol. The highest BCUT2D eigenvalue weighted by Crippen LogP contribution is 2.42. The van der Waals surface area contributed by atoms with E-state index in [-0.39, 0.29) is 0 Å². The van der Waals surface area contributed by atoms with Crippen molar-refractivity contribution in [1.29, 1.82) is 0 Å². The maximum absolute atomic E-state index is 6.56. The second-order valence-corrected chi connectivity index (χ2v) is 12.1. The van der Waals surface area contributed by atoms with Crippen LogP contribution in [0.1, 0.15) is 0 Å². The third kappa shape index (κ3) is 4.00. The molecule has 0 N–H and O–H groups in total. The summed E-state index contributed by atoms with van der Waals surface area (Å²) in [7, 11) is 0. The Bertz CT molecular complexity index is 2790. The average molecular weight is 602 g/mol. The van der Waals surface area contributed by atoms with Gasteiger partial charge in [0.15, 0.2) is 0 Å². The van der Waals surface area contributed by atoms with Gasteiger partial charge < -0.3 is 13.7 Å². The molecule has 0 bridgehead atoms. The van der Waals surface area contributed by atoms with Crippen molar-refractivity contribution in [2.75, 3.05) is 4.90 Å². The molecule has 3 heteroatoms. The Morgan fingerprint density at radius 3 is 1.79 bits per heavy atom. The maximum atomic E-state index is 6.56. The van der Waals surface area contributed by atoms with Gasteiger partial charge in [-0.1, -0.05) is 103 Å². The van der Waals surface area contributed by atoms with E-state index < -0.39 is 0 Å². The smallest absolute Gasteiger partial charge is 0.143 e. The highest BCUT2D eigenvalue weighted by atomic mass is 16.3. The Balaban J connectivity index is 1.09. The lowest BCUT2D eigenvalue weighted by Gasteiger charge is -2.25. The zero-order valence-electron chi connectivity index (χ0n) is 25.4. The molecule has 10 rings (SSSR count). The zero-order chi connectivity index (χ0) is 30.9. The van der Waals surface area contributed by atoms with E-state index in [9.17, 15) is 0 Å². The van der Waals surface area contributed by atoms with Crippen LogP contribution in [0.2, 0.25) is 0 Å². The molecule has 0 atom stereocenters. The molecule has 220 valence electrons. The van der Waals surface area contributed by atoms with Crippen LogP contribution in [0.5, 0.6) is 0 Å². The molecule has 0 spiro atoms. The van der Waals surface area contributed by atoms with Crippen LogP contribution >= 0.6 is 0 Å². The summed E-state index contributed by atoms with van der Waals surface area (Å²) in [5, 5.41) is 9.16. The van der Waals surface area contributed by atoms with Crippen LogP contribution < -0.4 is 4.90 Å². The number of rotatable bonds is 4. The summed E-state index contributed by atoms with van der Waals surface area (Å²) < 4.78 is 12.9. The summed E-state index contributed by atoms with van der Waals surface area (Å²) in [6.07, 6.45) is 0. The van der Waals surface area contributed by atoms with Crippen molar-refractivity contribution in [3.8, 4) is 11.1 Å². The third-order valence-corrected chi connectivity index (χ3v) is 9.46. The molecule has 0 unspecified atom stereocenters. The molecule has 0 aliphatic heterocycles. The molecule has 8 aromatic carbocycles. The largest absolute Gasteiger partial charge is 0.455 e. The summed E-state index contributed by atoms with van der Waals surface area (Å²) in [5.74, 6) is 0. The molecular formula is C44H27NO2. The molecule has 2 aromatic heterocycles. The number of para-hydroxylation sites is 2.